The lowest BCUT2D eigenvalue weighted by molar-refractivity contribution is 0.225. The van der Waals surface area contributed by atoms with Crippen molar-refractivity contribution in [3.05, 3.63) is 71.0 Å². The second-order valence-corrected chi connectivity index (χ2v) is 5.07. The molecule has 0 aliphatic rings. The van der Waals surface area contributed by atoms with Crippen molar-refractivity contribution >= 4 is 0 Å². The summed E-state index contributed by atoms with van der Waals surface area (Å²) in [6.07, 6.45) is 1.51. The van der Waals surface area contributed by atoms with E-state index in [-0.39, 0.29) is 18.3 Å². The predicted molar refractivity (Wildman–Crippen MR) is 75.6 cm³/mol. The third-order valence-corrected chi connectivity index (χ3v) is 3.32. The first-order valence-electron chi connectivity index (χ1n) is 6.58. The summed E-state index contributed by atoms with van der Waals surface area (Å²) in [7, 11) is 0. The van der Waals surface area contributed by atoms with Crippen LogP contribution >= 0.6 is 0 Å². The summed E-state index contributed by atoms with van der Waals surface area (Å²) in [6.45, 7) is 2.17. The Bertz CT molecular complexity index is 519. The molecular formula is C17H19FO. The van der Waals surface area contributed by atoms with E-state index >= 15 is 0 Å². The molecule has 100 valence electrons. The van der Waals surface area contributed by atoms with Crippen LogP contribution in [-0.4, -0.2) is 11.7 Å². The van der Waals surface area contributed by atoms with Crippen LogP contribution in [0.3, 0.4) is 0 Å². The molecule has 0 spiro atoms. The van der Waals surface area contributed by atoms with Gasteiger partial charge in [0.25, 0.3) is 0 Å². The van der Waals surface area contributed by atoms with Gasteiger partial charge in [0.2, 0.25) is 0 Å². The second kappa shape index (κ2) is 6.48. The van der Waals surface area contributed by atoms with Crippen molar-refractivity contribution in [2.45, 2.75) is 19.8 Å². The molecule has 1 N–H and O–H groups in total. The highest BCUT2D eigenvalue weighted by molar-refractivity contribution is 5.22. The molecule has 0 bridgehead atoms. The number of aliphatic hydroxyl groups is 1. The van der Waals surface area contributed by atoms with Crippen LogP contribution in [0.15, 0.2) is 48.5 Å². The first-order valence-corrected chi connectivity index (χ1v) is 6.58. The molecule has 2 aromatic carbocycles. The van der Waals surface area contributed by atoms with E-state index in [0.717, 1.165) is 12.0 Å². The smallest absolute Gasteiger partial charge is 0.123 e. The topological polar surface area (TPSA) is 20.2 Å². The van der Waals surface area contributed by atoms with Gasteiger partial charge in [-0.2, -0.15) is 0 Å². The van der Waals surface area contributed by atoms with Gasteiger partial charge < -0.3 is 5.11 Å². The van der Waals surface area contributed by atoms with Gasteiger partial charge in [-0.15, -0.1) is 0 Å². The minimum Gasteiger partial charge on any atom is -0.396 e. The zero-order valence-electron chi connectivity index (χ0n) is 11.1. The van der Waals surface area contributed by atoms with Crippen LogP contribution in [0.25, 0.3) is 0 Å². The van der Waals surface area contributed by atoms with Gasteiger partial charge in [-0.1, -0.05) is 42.0 Å². The normalized spacial score (nSPS) is 12.4. The molecule has 19 heavy (non-hydrogen) atoms. The molecule has 0 aliphatic carbocycles. The van der Waals surface area contributed by atoms with E-state index in [0.29, 0.717) is 6.42 Å². The molecule has 1 nitrogen and oxygen atoms in total. The molecule has 0 saturated carbocycles. The molecule has 2 rings (SSSR count). The van der Waals surface area contributed by atoms with E-state index < -0.39 is 0 Å². The first kappa shape index (κ1) is 13.8. The Labute approximate surface area is 113 Å². The first-order chi connectivity index (χ1) is 9.17. The maximum atomic E-state index is 13.1. The SMILES string of the molecule is Cc1ccc(CC(CO)Cc2cccc(F)c2)cc1. The van der Waals surface area contributed by atoms with Gasteiger partial charge in [0.15, 0.2) is 0 Å². The Balaban J connectivity index is 2.02. The molecule has 1 atom stereocenters. The zero-order chi connectivity index (χ0) is 13.7. The molecule has 0 aliphatic heterocycles. The van der Waals surface area contributed by atoms with Crippen molar-refractivity contribution in [1.29, 1.82) is 0 Å². The summed E-state index contributed by atoms with van der Waals surface area (Å²) in [4.78, 5) is 0. The van der Waals surface area contributed by atoms with E-state index in [1.807, 2.05) is 6.07 Å². The van der Waals surface area contributed by atoms with Gasteiger partial charge in [-0.3, -0.25) is 0 Å². The molecule has 0 saturated heterocycles. The lowest BCUT2D eigenvalue weighted by Crippen LogP contribution is -2.13. The summed E-state index contributed by atoms with van der Waals surface area (Å²) in [5, 5.41) is 9.48. The molecule has 0 radical (unpaired) electrons. The average Bonchev–Trinajstić information content (AvgIpc) is 2.40. The standard InChI is InChI=1S/C17H19FO/c1-13-5-7-14(8-6-13)9-16(12-19)10-15-3-2-4-17(18)11-15/h2-8,11,16,19H,9-10,12H2,1H3. The summed E-state index contributed by atoms with van der Waals surface area (Å²) in [5.41, 5.74) is 3.38. The van der Waals surface area contributed by atoms with Crippen molar-refractivity contribution in [3.8, 4) is 0 Å². The number of halogens is 1. The van der Waals surface area contributed by atoms with E-state index in [9.17, 15) is 9.50 Å². The Morgan fingerprint density at radius 2 is 1.68 bits per heavy atom. The minimum atomic E-state index is -0.218. The fraction of sp³-hybridized carbons (Fsp3) is 0.294. The van der Waals surface area contributed by atoms with Crippen molar-refractivity contribution in [3.63, 3.8) is 0 Å². The van der Waals surface area contributed by atoms with Crippen molar-refractivity contribution in [2.24, 2.45) is 5.92 Å². The van der Waals surface area contributed by atoms with Crippen LogP contribution in [-0.2, 0) is 12.8 Å². The molecular weight excluding hydrogens is 239 g/mol. The monoisotopic (exact) mass is 258 g/mol. The third-order valence-electron chi connectivity index (χ3n) is 3.32. The lowest BCUT2D eigenvalue weighted by Gasteiger charge is -2.14. The molecule has 1 unspecified atom stereocenters. The average molecular weight is 258 g/mol. The highest BCUT2D eigenvalue weighted by Crippen LogP contribution is 2.16. The Hall–Kier alpha value is -1.67. The van der Waals surface area contributed by atoms with Crippen LogP contribution < -0.4 is 0 Å². The summed E-state index contributed by atoms with van der Waals surface area (Å²) >= 11 is 0. The van der Waals surface area contributed by atoms with Gasteiger partial charge in [-0.05, 0) is 48.9 Å². The quantitative estimate of drug-likeness (QED) is 0.870. The lowest BCUT2D eigenvalue weighted by atomic mass is 9.93. The van der Waals surface area contributed by atoms with E-state index in [1.165, 1.54) is 23.3 Å². The summed E-state index contributed by atoms with van der Waals surface area (Å²) < 4.78 is 13.1. The highest BCUT2D eigenvalue weighted by Gasteiger charge is 2.10. The molecule has 2 aromatic rings. The maximum absolute atomic E-state index is 13.1. The predicted octanol–water partition coefficient (Wildman–Crippen LogP) is 3.53. The summed E-state index contributed by atoms with van der Waals surface area (Å²) in [6, 6.07) is 14.9. The van der Waals surface area contributed by atoms with Gasteiger partial charge in [0.05, 0.1) is 0 Å². The molecule has 0 aromatic heterocycles. The Kier molecular flexibility index (Phi) is 4.69. The van der Waals surface area contributed by atoms with Crippen molar-refractivity contribution in [1.82, 2.24) is 0 Å². The van der Waals surface area contributed by atoms with Gasteiger partial charge in [0.1, 0.15) is 5.82 Å². The molecule has 0 amide bonds. The number of hydrogen-bond acceptors (Lipinski definition) is 1. The number of aryl methyl sites for hydroxylation is 1. The number of rotatable bonds is 5. The maximum Gasteiger partial charge on any atom is 0.123 e. The molecule has 2 heteroatoms. The number of hydrogen-bond donors (Lipinski definition) is 1. The highest BCUT2D eigenvalue weighted by atomic mass is 19.1. The molecule has 0 heterocycles. The van der Waals surface area contributed by atoms with Gasteiger partial charge >= 0.3 is 0 Å². The van der Waals surface area contributed by atoms with Crippen LogP contribution in [0.1, 0.15) is 16.7 Å². The van der Waals surface area contributed by atoms with Crippen molar-refractivity contribution in [2.75, 3.05) is 6.61 Å². The largest absolute Gasteiger partial charge is 0.396 e. The van der Waals surface area contributed by atoms with Crippen molar-refractivity contribution < 1.29 is 9.50 Å². The molecule has 0 fully saturated rings. The van der Waals surface area contributed by atoms with Crippen LogP contribution in [0.4, 0.5) is 4.39 Å². The number of benzene rings is 2. The third kappa shape index (κ3) is 4.18. The van der Waals surface area contributed by atoms with Crippen LogP contribution in [0, 0.1) is 18.7 Å². The Morgan fingerprint density at radius 1 is 1.00 bits per heavy atom. The van der Waals surface area contributed by atoms with Crippen LogP contribution in [0.2, 0.25) is 0 Å². The van der Waals surface area contributed by atoms with Gasteiger partial charge in [0, 0.05) is 6.61 Å². The van der Waals surface area contributed by atoms with E-state index in [1.54, 1.807) is 6.07 Å². The van der Waals surface area contributed by atoms with E-state index in [2.05, 4.69) is 31.2 Å². The number of aliphatic hydroxyl groups excluding tert-OH is 1. The van der Waals surface area contributed by atoms with Crippen LogP contribution in [0.5, 0.6) is 0 Å². The van der Waals surface area contributed by atoms with Gasteiger partial charge in [-0.25, -0.2) is 4.39 Å². The Morgan fingerprint density at radius 3 is 2.32 bits per heavy atom. The fourth-order valence-electron chi connectivity index (χ4n) is 2.26. The second-order valence-electron chi connectivity index (χ2n) is 5.07. The fourth-order valence-corrected chi connectivity index (χ4v) is 2.26. The zero-order valence-corrected chi connectivity index (χ0v) is 11.1. The minimum absolute atomic E-state index is 0.115. The van der Waals surface area contributed by atoms with E-state index in [4.69, 9.17) is 0 Å². The summed E-state index contributed by atoms with van der Waals surface area (Å²) in [5.74, 6) is -0.0889.